The maximum absolute atomic E-state index is 12.9. The van der Waals surface area contributed by atoms with Crippen molar-refractivity contribution >= 4 is 15.9 Å². The Labute approximate surface area is 174 Å². The predicted molar refractivity (Wildman–Crippen MR) is 111 cm³/mol. The van der Waals surface area contributed by atoms with Gasteiger partial charge in [-0.1, -0.05) is 6.42 Å². The van der Waals surface area contributed by atoms with Gasteiger partial charge in [0.25, 0.3) is 0 Å². The summed E-state index contributed by atoms with van der Waals surface area (Å²) in [5, 5.41) is 3.25. The molecule has 1 saturated heterocycles. The maximum atomic E-state index is 12.9. The largest absolute Gasteiger partial charge is 0.497 e. The molecule has 1 aromatic carbocycles. The molecule has 0 aromatic heterocycles. The molecule has 0 radical (unpaired) electrons. The van der Waals surface area contributed by atoms with Crippen molar-refractivity contribution in [2.75, 3.05) is 20.2 Å². The fourth-order valence-electron chi connectivity index (χ4n) is 5.61. The number of methoxy groups -OCH3 is 1. The first-order valence-corrected chi connectivity index (χ1v) is 12.3. The van der Waals surface area contributed by atoms with Crippen molar-refractivity contribution in [1.82, 2.24) is 9.62 Å². The second kappa shape index (κ2) is 8.26. The van der Waals surface area contributed by atoms with E-state index in [4.69, 9.17) is 4.74 Å². The molecule has 0 unspecified atom stereocenters. The number of piperidine rings is 1. The van der Waals surface area contributed by atoms with Crippen LogP contribution in [0.1, 0.15) is 45.4 Å². The molecule has 1 heterocycles. The van der Waals surface area contributed by atoms with Crippen molar-refractivity contribution in [3.05, 3.63) is 24.3 Å². The Kier molecular flexibility index (Phi) is 5.89. The summed E-state index contributed by atoms with van der Waals surface area (Å²) in [7, 11) is -1.98. The average Bonchev–Trinajstić information content (AvgIpc) is 3.37. The fourth-order valence-corrected chi connectivity index (χ4v) is 7.08. The number of rotatable bonds is 6. The number of carbonyl (C=O) groups is 1. The molecule has 4 atom stereocenters. The zero-order valence-corrected chi connectivity index (χ0v) is 18.2. The number of fused-ring (bicyclic) bond motifs is 2. The summed E-state index contributed by atoms with van der Waals surface area (Å²) >= 11 is 0. The van der Waals surface area contributed by atoms with E-state index < -0.39 is 10.0 Å². The Balaban J connectivity index is 1.30. The Hall–Kier alpha value is -1.60. The van der Waals surface area contributed by atoms with Crippen molar-refractivity contribution in [1.29, 1.82) is 0 Å². The van der Waals surface area contributed by atoms with Gasteiger partial charge in [0.1, 0.15) is 5.75 Å². The number of hydrogen-bond donors (Lipinski definition) is 1. The number of benzene rings is 1. The van der Waals surface area contributed by atoms with Crippen molar-refractivity contribution in [3.8, 4) is 5.75 Å². The summed E-state index contributed by atoms with van der Waals surface area (Å²) in [6.45, 7) is 2.91. The zero-order valence-electron chi connectivity index (χ0n) is 17.3. The molecule has 2 bridgehead atoms. The third-order valence-corrected chi connectivity index (χ3v) is 9.24. The highest BCUT2D eigenvalue weighted by atomic mass is 32.2. The summed E-state index contributed by atoms with van der Waals surface area (Å²) in [4.78, 5) is 13.0. The summed E-state index contributed by atoms with van der Waals surface area (Å²) in [5.74, 6) is 2.90. The van der Waals surface area contributed by atoms with Gasteiger partial charge >= 0.3 is 0 Å². The Morgan fingerprint density at radius 3 is 2.34 bits per heavy atom. The van der Waals surface area contributed by atoms with Gasteiger partial charge in [0.05, 0.1) is 12.0 Å². The van der Waals surface area contributed by atoms with Gasteiger partial charge in [-0.05, 0) is 81.0 Å². The minimum atomic E-state index is -3.53. The van der Waals surface area contributed by atoms with Crippen LogP contribution < -0.4 is 10.1 Å². The van der Waals surface area contributed by atoms with E-state index in [1.807, 2.05) is 0 Å². The summed E-state index contributed by atoms with van der Waals surface area (Å²) in [5.41, 5.74) is 0. The lowest BCUT2D eigenvalue weighted by Gasteiger charge is -2.33. The van der Waals surface area contributed by atoms with Crippen LogP contribution in [0.3, 0.4) is 0 Å². The molecule has 7 heteroatoms. The van der Waals surface area contributed by atoms with Gasteiger partial charge in [0.2, 0.25) is 15.9 Å². The van der Waals surface area contributed by atoms with E-state index in [1.54, 1.807) is 31.4 Å². The number of nitrogens with zero attached hydrogens (tertiary/aromatic N) is 1. The van der Waals surface area contributed by atoms with Gasteiger partial charge in [0.15, 0.2) is 0 Å². The van der Waals surface area contributed by atoms with Crippen LogP contribution >= 0.6 is 0 Å². The molecule has 29 heavy (non-hydrogen) atoms. The molecule has 0 spiro atoms. The van der Waals surface area contributed by atoms with Crippen LogP contribution in [-0.2, 0) is 14.8 Å². The summed E-state index contributed by atoms with van der Waals surface area (Å²) in [6.07, 6.45) is 6.42. The topological polar surface area (TPSA) is 75.7 Å². The third kappa shape index (κ3) is 4.17. The van der Waals surface area contributed by atoms with Gasteiger partial charge in [-0.2, -0.15) is 4.31 Å². The maximum Gasteiger partial charge on any atom is 0.243 e. The molecule has 1 N–H and O–H groups in total. The number of nitrogens with one attached hydrogen (secondary N) is 1. The molecule has 160 valence electrons. The van der Waals surface area contributed by atoms with Crippen molar-refractivity contribution in [3.63, 3.8) is 0 Å². The first-order valence-electron chi connectivity index (χ1n) is 10.8. The highest BCUT2D eigenvalue weighted by molar-refractivity contribution is 7.89. The quantitative estimate of drug-likeness (QED) is 0.768. The second-order valence-electron chi connectivity index (χ2n) is 8.99. The highest BCUT2D eigenvalue weighted by Gasteiger charge is 2.42. The highest BCUT2D eigenvalue weighted by Crippen LogP contribution is 2.49. The molecular weight excluding hydrogens is 388 g/mol. The lowest BCUT2D eigenvalue weighted by atomic mass is 9.83. The minimum Gasteiger partial charge on any atom is -0.497 e. The number of ether oxygens (including phenoxy) is 1. The van der Waals surface area contributed by atoms with Crippen LogP contribution in [0.5, 0.6) is 5.75 Å². The smallest absolute Gasteiger partial charge is 0.243 e. The number of hydrogen-bond acceptors (Lipinski definition) is 4. The molecule has 3 fully saturated rings. The average molecular weight is 421 g/mol. The van der Waals surface area contributed by atoms with E-state index in [9.17, 15) is 13.2 Å². The van der Waals surface area contributed by atoms with Crippen molar-refractivity contribution in [2.24, 2.45) is 23.7 Å². The van der Waals surface area contributed by atoms with Crippen LogP contribution in [0.15, 0.2) is 29.2 Å². The van der Waals surface area contributed by atoms with E-state index in [-0.39, 0.29) is 22.8 Å². The monoisotopic (exact) mass is 420 g/mol. The van der Waals surface area contributed by atoms with E-state index in [2.05, 4.69) is 12.2 Å². The number of amides is 1. The molecule has 4 rings (SSSR count). The van der Waals surface area contributed by atoms with Crippen LogP contribution in [0.4, 0.5) is 0 Å². The third-order valence-electron chi connectivity index (χ3n) is 7.33. The molecular formula is C22H32N2O4S. The Morgan fingerprint density at radius 1 is 1.10 bits per heavy atom. The van der Waals surface area contributed by atoms with Crippen LogP contribution in [0, 0.1) is 23.7 Å². The first kappa shape index (κ1) is 20.7. The first-order chi connectivity index (χ1) is 13.9. The van der Waals surface area contributed by atoms with E-state index in [0.29, 0.717) is 37.6 Å². The van der Waals surface area contributed by atoms with Crippen LogP contribution in [0.2, 0.25) is 0 Å². The Morgan fingerprint density at radius 2 is 1.79 bits per heavy atom. The van der Waals surface area contributed by atoms with E-state index >= 15 is 0 Å². The van der Waals surface area contributed by atoms with Gasteiger partial charge in [0, 0.05) is 25.0 Å². The molecule has 6 nitrogen and oxygen atoms in total. The SMILES string of the molecule is COc1ccc(S(=O)(=O)N2CCC(C(=O)N[C@@H](C)[C@@H]3C[C@H]4CC[C@H]3C4)CC2)cc1. The fraction of sp³-hybridized carbons (Fsp3) is 0.682. The standard InChI is InChI=1S/C22H32N2O4S/c1-15(21-14-16-3-4-18(21)13-16)23-22(25)17-9-11-24(12-10-17)29(26,27)20-7-5-19(28-2)6-8-20/h5-8,15-18,21H,3-4,9-14H2,1-2H3,(H,23,25)/t15-,16-,18-,21-/m0/s1. The molecule has 1 aliphatic heterocycles. The predicted octanol–water partition coefficient (Wildman–Crippen LogP) is 3.04. The molecule has 1 aromatic rings. The molecule has 2 aliphatic carbocycles. The molecule has 3 aliphatic rings. The summed E-state index contributed by atoms with van der Waals surface area (Å²) in [6, 6.07) is 6.68. The number of carbonyl (C=O) groups excluding carboxylic acids is 1. The van der Waals surface area contributed by atoms with Crippen molar-refractivity contribution in [2.45, 2.75) is 56.4 Å². The van der Waals surface area contributed by atoms with Gasteiger partial charge in [-0.15, -0.1) is 0 Å². The number of sulfonamides is 1. The molecule has 1 amide bonds. The normalized spacial score (nSPS) is 29.0. The van der Waals surface area contributed by atoms with Gasteiger partial charge in [-0.25, -0.2) is 8.42 Å². The lowest BCUT2D eigenvalue weighted by Crippen LogP contribution is -2.47. The van der Waals surface area contributed by atoms with Gasteiger partial charge in [-0.3, -0.25) is 4.79 Å². The van der Waals surface area contributed by atoms with Crippen LogP contribution in [-0.4, -0.2) is 44.9 Å². The van der Waals surface area contributed by atoms with E-state index in [0.717, 1.165) is 11.8 Å². The van der Waals surface area contributed by atoms with Crippen LogP contribution in [0.25, 0.3) is 0 Å². The minimum absolute atomic E-state index is 0.0987. The zero-order chi connectivity index (χ0) is 20.6. The molecule has 2 saturated carbocycles. The summed E-state index contributed by atoms with van der Waals surface area (Å²) < 4.78 is 32.3. The van der Waals surface area contributed by atoms with Crippen molar-refractivity contribution < 1.29 is 17.9 Å². The lowest BCUT2D eigenvalue weighted by molar-refractivity contribution is -0.127. The second-order valence-corrected chi connectivity index (χ2v) is 10.9. The Bertz CT molecular complexity index is 831. The van der Waals surface area contributed by atoms with E-state index in [1.165, 1.54) is 30.0 Å². The van der Waals surface area contributed by atoms with Gasteiger partial charge < -0.3 is 10.1 Å².